The first-order chi connectivity index (χ1) is 14.0. The molecule has 1 saturated heterocycles. The van der Waals surface area contributed by atoms with Crippen LogP contribution in [0.1, 0.15) is 18.4 Å². The zero-order valence-electron chi connectivity index (χ0n) is 16.6. The maximum absolute atomic E-state index is 12.7. The second kappa shape index (κ2) is 9.28. The lowest BCUT2D eigenvalue weighted by atomic mass is 9.97. The fraction of sp³-hybridized carbons (Fsp3) is 0.381. The summed E-state index contributed by atoms with van der Waals surface area (Å²) in [7, 11) is -0.371. The molecule has 0 aliphatic carbocycles. The van der Waals surface area contributed by atoms with Gasteiger partial charge in [-0.05, 0) is 37.1 Å². The quantitative estimate of drug-likeness (QED) is 0.747. The standard InChI is InChI=1S/C21H26N2O5S/c1-27-19-9-6-10-20(28-2)18(19)15-22-21(24)16-11-13-23(14-12-16)29(25,26)17-7-4-3-5-8-17/h3-10,16H,11-15H2,1-2H3,(H,22,24). The van der Waals surface area contributed by atoms with Gasteiger partial charge in [0.25, 0.3) is 0 Å². The number of benzene rings is 2. The monoisotopic (exact) mass is 418 g/mol. The number of piperidine rings is 1. The first kappa shape index (κ1) is 21.1. The minimum absolute atomic E-state index is 0.0882. The average Bonchev–Trinajstić information content (AvgIpc) is 2.77. The van der Waals surface area contributed by atoms with Gasteiger partial charge in [-0.2, -0.15) is 4.31 Å². The van der Waals surface area contributed by atoms with E-state index in [2.05, 4.69) is 5.32 Å². The van der Waals surface area contributed by atoms with Crippen LogP contribution in [-0.2, 0) is 21.4 Å². The average molecular weight is 419 g/mol. The Balaban J connectivity index is 1.59. The molecule has 1 aliphatic heterocycles. The highest BCUT2D eigenvalue weighted by Crippen LogP contribution is 2.28. The zero-order valence-corrected chi connectivity index (χ0v) is 17.4. The Hall–Kier alpha value is -2.58. The highest BCUT2D eigenvalue weighted by molar-refractivity contribution is 7.89. The molecule has 3 rings (SSSR count). The smallest absolute Gasteiger partial charge is 0.243 e. The van der Waals surface area contributed by atoms with Crippen molar-refractivity contribution in [1.29, 1.82) is 0 Å². The predicted molar refractivity (Wildman–Crippen MR) is 109 cm³/mol. The number of hydrogen-bond acceptors (Lipinski definition) is 5. The highest BCUT2D eigenvalue weighted by Gasteiger charge is 2.32. The summed E-state index contributed by atoms with van der Waals surface area (Å²) in [6, 6.07) is 13.8. The Labute approximate surface area is 171 Å². The van der Waals surface area contributed by atoms with Gasteiger partial charge in [-0.25, -0.2) is 8.42 Å². The van der Waals surface area contributed by atoms with E-state index in [1.165, 1.54) is 4.31 Å². The maximum Gasteiger partial charge on any atom is 0.243 e. The van der Waals surface area contributed by atoms with Crippen molar-refractivity contribution in [2.45, 2.75) is 24.3 Å². The zero-order chi connectivity index (χ0) is 20.9. The lowest BCUT2D eigenvalue weighted by Crippen LogP contribution is -2.42. The molecular weight excluding hydrogens is 392 g/mol. The third-order valence-corrected chi connectivity index (χ3v) is 7.09. The lowest BCUT2D eigenvalue weighted by Gasteiger charge is -2.30. The normalized spacial score (nSPS) is 15.7. The number of carbonyl (C=O) groups is 1. The van der Waals surface area contributed by atoms with Crippen molar-refractivity contribution in [2.24, 2.45) is 5.92 Å². The van der Waals surface area contributed by atoms with Gasteiger partial charge in [0.15, 0.2) is 0 Å². The van der Waals surface area contributed by atoms with Crippen molar-refractivity contribution < 1.29 is 22.7 Å². The molecule has 2 aromatic carbocycles. The molecule has 156 valence electrons. The van der Waals surface area contributed by atoms with Gasteiger partial charge < -0.3 is 14.8 Å². The van der Waals surface area contributed by atoms with E-state index in [-0.39, 0.29) is 23.3 Å². The molecule has 1 N–H and O–H groups in total. The Kier molecular flexibility index (Phi) is 6.76. The van der Waals surface area contributed by atoms with E-state index in [1.807, 2.05) is 18.2 Å². The van der Waals surface area contributed by atoms with Crippen molar-refractivity contribution in [1.82, 2.24) is 9.62 Å². The van der Waals surface area contributed by atoms with Gasteiger partial charge >= 0.3 is 0 Å². The van der Waals surface area contributed by atoms with Gasteiger partial charge in [0.2, 0.25) is 15.9 Å². The molecule has 0 spiro atoms. The fourth-order valence-electron chi connectivity index (χ4n) is 3.52. The van der Waals surface area contributed by atoms with E-state index in [4.69, 9.17) is 9.47 Å². The van der Waals surface area contributed by atoms with E-state index < -0.39 is 10.0 Å². The first-order valence-corrected chi connectivity index (χ1v) is 10.9. The summed E-state index contributed by atoms with van der Waals surface area (Å²) in [6.45, 7) is 0.940. The van der Waals surface area contributed by atoms with Crippen LogP contribution in [0.2, 0.25) is 0 Å². The molecule has 29 heavy (non-hydrogen) atoms. The van der Waals surface area contributed by atoms with Crippen molar-refractivity contribution in [2.75, 3.05) is 27.3 Å². The number of nitrogens with one attached hydrogen (secondary N) is 1. The Morgan fingerprint density at radius 3 is 2.14 bits per heavy atom. The van der Waals surface area contributed by atoms with Gasteiger partial charge in [0, 0.05) is 19.0 Å². The van der Waals surface area contributed by atoms with Crippen molar-refractivity contribution in [3.05, 3.63) is 54.1 Å². The lowest BCUT2D eigenvalue weighted by molar-refractivity contribution is -0.126. The van der Waals surface area contributed by atoms with Gasteiger partial charge in [0.1, 0.15) is 11.5 Å². The van der Waals surface area contributed by atoms with E-state index in [9.17, 15) is 13.2 Å². The largest absolute Gasteiger partial charge is 0.496 e. The summed E-state index contributed by atoms with van der Waals surface area (Å²) in [5.74, 6) is 0.981. The summed E-state index contributed by atoms with van der Waals surface area (Å²) in [4.78, 5) is 12.9. The number of amides is 1. The van der Waals surface area contributed by atoms with E-state index in [0.29, 0.717) is 37.4 Å². The molecule has 1 heterocycles. The van der Waals surface area contributed by atoms with Crippen LogP contribution in [0.15, 0.2) is 53.4 Å². The van der Waals surface area contributed by atoms with Crippen LogP contribution in [0, 0.1) is 5.92 Å². The molecule has 1 aliphatic rings. The number of ether oxygens (including phenoxy) is 2. The molecule has 0 saturated carbocycles. The van der Waals surface area contributed by atoms with E-state index >= 15 is 0 Å². The second-order valence-electron chi connectivity index (χ2n) is 6.85. The number of sulfonamides is 1. The number of hydrogen-bond donors (Lipinski definition) is 1. The number of rotatable bonds is 7. The van der Waals surface area contributed by atoms with Crippen molar-refractivity contribution >= 4 is 15.9 Å². The molecule has 0 unspecified atom stereocenters. The minimum Gasteiger partial charge on any atom is -0.496 e. The van der Waals surface area contributed by atoms with Crippen LogP contribution in [0.3, 0.4) is 0 Å². The summed E-state index contributed by atoms with van der Waals surface area (Å²) in [6.07, 6.45) is 0.974. The summed E-state index contributed by atoms with van der Waals surface area (Å²) < 4.78 is 37.6. The molecule has 0 radical (unpaired) electrons. The SMILES string of the molecule is COc1cccc(OC)c1CNC(=O)C1CCN(S(=O)(=O)c2ccccc2)CC1. The molecule has 8 heteroatoms. The Bertz CT molecular complexity index is 917. The van der Waals surface area contributed by atoms with Crippen LogP contribution in [0.4, 0.5) is 0 Å². The second-order valence-corrected chi connectivity index (χ2v) is 8.79. The summed E-state index contributed by atoms with van der Waals surface area (Å²) >= 11 is 0. The maximum atomic E-state index is 12.7. The van der Waals surface area contributed by atoms with Crippen molar-refractivity contribution in [3.8, 4) is 11.5 Å². The number of carbonyl (C=O) groups excluding carboxylic acids is 1. The third-order valence-electron chi connectivity index (χ3n) is 5.17. The third kappa shape index (κ3) is 4.71. The van der Waals surface area contributed by atoms with Gasteiger partial charge in [-0.3, -0.25) is 4.79 Å². The van der Waals surface area contributed by atoms with Crippen LogP contribution >= 0.6 is 0 Å². The van der Waals surface area contributed by atoms with Gasteiger partial charge in [-0.15, -0.1) is 0 Å². The van der Waals surface area contributed by atoms with Crippen LogP contribution in [0.25, 0.3) is 0 Å². The van der Waals surface area contributed by atoms with Crippen LogP contribution in [-0.4, -0.2) is 45.9 Å². The molecule has 7 nitrogen and oxygen atoms in total. The van der Waals surface area contributed by atoms with Crippen molar-refractivity contribution in [3.63, 3.8) is 0 Å². The Morgan fingerprint density at radius 1 is 1.00 bits per heavy atom. The summed E-state index contributed by atoms with van der Waals surface area (Å²) in [5, 5.41) is 2.94. The van der Waals surface area contributed by atoms with Gasteiger partial charge in [-0.1, -0.05) is 24.3 Å². The van der Waals surface area contributed by atoms with Crippen LogP contribution < -0.4 is 14.8 Å². The fourth-order valence-corrected chi connectivity index (χ4v) is 5.01. The molecule has 1 fully saturated rings. The topological polar surface area (TPSA) is 84.9 Å². The molecule has 2 aromatic rings. The minimum atomic E-state index is -3.52. The first-order valence-electron chi connectivity index (χ1n) is 9.50. The van der Waals surface area contributed by atoms with E-state index in [0.717, 1.165) is 5.56 Å². The molecular formula is C21H26N2O5S. The van der Waals surface area contributed by atoms with E-state index in [1.54, 1.807) is 44.6 Å². The van der Waals surface area contributed by atoms with Gasteiger partial charge in [0.05, 0.1) is 31.2 Å². The number of nitrogens with zero attached hydrogens (tertiary/aromatic N) is 1. The molecule has 1 amide bonds. The molecule has 0 atom stereocenters. The molecule has 0 aromatic heterocycles. The highest BCUT2D eigenvalue weighted by atomic mass is 32.2. The number of methoxy groups -OCH3 is 2. The van der Waals surface area contributed by atoms with Crippen LogP contribution in [0.5, 0.6) is 11.5 Å². The Morgan fingerprint density at radius 2 is 1.59 bits per heavy atom. The summed E-state index contributed by atoms with van der Waals surface area (Å²) in [5.41, 5.74) is 0.773. The molecule has 0 bridgehead atoms. The predicted octanol–water partition coefficient (Wildman–Crippen LogP) is 2.42.